The molecule has 0 aliphatic rings. The van der Waals surface area contributed by atoms with Crippen LogP contribution in [0.15, 0.2) is 52.8 Å². The lowest BCUT2D eigenvalue weighted by Gasteiger charge is -2.18. The first-order chi connectivity index (χ1) is 14.0. The highest BCUT2D eigenvalue weighted by Crippen LogP contribution is 2.24. The van der Waals surface area contributed by atoms with E-state index < -0.39 is 11.6 Å². The Morgan fingerprint density at radius 2 is 1.76 bits per heavy atom. The van der Waals surface area contributed by atoms with Crippen LogP contribution in [0.4, 0.5) is 18.9 Å². The molecule has 0 radical (unpaired) electrons. The summed E-state index contributed by atoms with van der Waals surface area (Å²) in [4.78, 5) is 7.26. The molecule has 0 saturated heterocycles. The third-order valence-corrected chi connectivity index (χ3v) is 5.69. The first-order valence-corrected chi connectivity index (χ1v) is 10.6. The lowest BCUT2D eigenvalue weighted by Crippen LogP contribution is -2.26. The number of thiazole rings is 1. The van der Waals surface area contributed by atoms with E-state index in [2.05, 4.69) is 23.7 Å². The molecule has 29 heavy (non-hydrogen) atoms. The number of rotatable bonds is 8. The minimum Gasteiger partial charge on any atom is -0.316 e. The molecule has 0 N–H and O–H groups in total. The van der Waals surface area contributed by atoms with Crippen molar-refractivity contribution in [2.75, 3.05) is 19.6 Å². The molecule has 0 unspecified atom stereocenters. The highest BCUT2D eigenvalue weighted by molar-refractivity contribution is 7.07. The van der Waals surface area contributed by atoms with E-state index in [1.807, 2.05) is 9.95 Å². The van der Waals surface area contributed by atoms with Crippen LogP contribution in [0.5, 0.6) is 0 Å². The van der Waals surface area contributed by atoms with Gasteiger partial charge in [0.25, 0.3) is 0 Å². The van der Waals surface area contributed by atoms with E-state index in [9.17, 15) is 13.2 Å². The van der Waals surface area contributed by atoms with Gasteiger partial charge in [-0.1, -0.05) is 26.0 Å². The monoisotopic (exact) mass is 419 g/mol. The van der Waals surface area contributed by atoms with Crippen LogP contribution in [-0.2, 0) is 6.54 Å². The fourth-order valence-electron chi connectivity index (χ4n) is 3.19. The minimum atomic E-state index is -0.722. The van der Waals surface area contributed by atoms with Crippen LogP contribution < -0.4 is 4.80 Å². The van der Waals surface area contributed by atoms with Gasteiger partial charge in [-0.25, -0.2) is 18.2 Å². The van der Waals surface area contributed by atoms with Gasteiger partial charge in [-0.05, 0) is 50.3 Å². The second-order valence-corrected chi connectivity index (χ2v) is 7.46. The molecule has 1 aromatic heterocycles. The first-order valence-electron chi connectivity index (χ1n) is 9.68. The quantitative estimate of drug-likeness (QED) is 0.466. The fourth-order valence-corrected chi connectivity index (χ4v) is 4.13. The molecular formula is C22H24F3N3S. The Morgan fingerprint density at radius 3 is 2.45 bits per heavy atom. The smallest absolute Gasteiger partial charge is 0.190 e. The average molecular weight is 420 g/mol. The van der Waals surface area contributed by atoms with Gasteiger partial charge in [-0.2, -0.15) is 0 Å². The third kappa shape index (κ3) is 5.16. The lowest BCUT2D eigenvalue weighted by atomic mass is 10.1. The van der Waals surface area contributed by atoms with Gasteiger partial charge in [0.05, 0.1) is 5.69 Å². The molecular weight excluding hydrogens is 395 g/mol. The highest BCUT2D eigenvalue weighted by atomic mass is 32.1. The van der Waals surface area contributed by atoms with Gasteiger partial charge in [-0.15, -0.1) is 11.3 Å². The SMILES string of the molecule is CCN(CC)CCCn1c(-c2ccccc2F)csc1=Nc1ccc(F)cc1F. The van der Waals surface area contributed by atoms with E-state index in [0.717, 1.165) is 32.1 Å². The van der Waals surface area contributed by atoms with E-state index in [-0.39, 0.29) is 11.5 Å². The maximum Gasteiger partial charge on any atom is 0.190 e. The van der Waals surface area contributed by atoms with Crippen LogP contribution in [0, 0.1) is 17.5 Å². The standard InChI is InChI=1S/C22H24F3N3S/c1-3-27(4-2)12-7-13-28-21(17-8-5-6-9-18(17)24)15-29-22(28)26-20-11-10-16(23)14-19(20)25/h5-6,8-11,14-15H,3-4,7,12-13H2,1-2H3. The van der Waals surface area contributed by atoms with Crippen LogP contribution in [0.25, 0.3) is 11.3 Å². The molecule has 0 bridgehead atoms. The minimum absolute atomic E-state index is 0.0610. The Bertz CT molecular complexity index is 1020. The Hall–Kier alpha value is -2.38. The summed E-state index contributed by atoms with van der Waals surface area (Å²) in [6.45, 7) is 7.67. The summed E-state index contributed by atoms with van der Waals surface area (Å²) in [5.74, 6) is -1.69. The van der Waals surface area contributed by atoms with Crippen LogP contribution in [0.3, 0.4) is 0 Å². The van der Waals surface area contributed by atoms with E-state index in [1.165, 1.54) is 29.5 Å². The zero-order valence-corrected chi connectivity index (χ0v) is 17.4. The predicted molar refractivity (Wildman–Crippen MR) is 112 cm³/mol. The van der Waals surface area contributed by atoms with Gasteiger partial charge in [0.1, 0.15) is 17.3 Å². The number of aromatic nitrogens is 1. The average Bonchev–Trinajstić information content (AvgIpc) is 3.10. The van der Waals surface area contributed by atoms with Crippen molar-refractivity contribution in [3.8, 4) is 11.3 Å². The Kier molecular flexibility index (Phi) is 7.28. The number of halogens is 3. The van der Waals surface area contributed by atoms with Gasteiger partial charge in [0, 0.05) is 23.6 Å². The van der Waals surface area contributed by atoms with Crippen molar-refractivity contribution >= 4 is 17.0 Å². The van der Waals surface area contributed by atoms with E-state index in [4.69, 9.17) is 0 Å². The van der Waals surface area contributed by atoms with Gasteiger partial charge in [0.15, 0.2) is 10.6 Å². The van der Waals surface area contributed by atoms with Crippen molar-refractivity contribution in [2.24, 2.45) is 4.99 Å². The molecule has 0 fully saturated rings. The van der Waals surface area contributed by atoms with Crippen LogP contribution >= 0.6 is 11.3 Å². The molecule has 0 spiro atoms. The summed E-state index contributed by atoms with van der Waals surface area (Å²) in [6.07, 6.45) is 0.846. The molecule has 0 aliphatic heterocycles. The predicted octanol–water partition coefficient (Wildman–Crippen LogP) is 5.60. The summed E-state index contributed by atoms with van der Waals surface area (Å²) in [5.41, 5.74) is 1.24. The van der Waals surface area contributed by atoms with Crippen molar-refractivity contribution in [3.63, 3.8) is 0 Å². The number of hydrogen-bond donors (Lipinski definition) is 0. The second-order valence-electron chi connectivity index (χ2n) is 6.62. The van der Waals surface area contributed by atoms with Crippen LogP contribution in [0.1, 0.15) is 20.3 Å². The fraction of sp³-hybridized carbons (Fsp3) is 0.318. The molecule has 2 aromatic carbocycles. The molecule has 3 rings (SSSR count). The topological polar surface area (TPSA) is 20.5 Å². The zero-order chi connectivity index (χ0) is 20.8. The molecule has 1 heterocycles. The molecule has 0 aliphatic carbocycles. The second kappa shape index (κ2) is 9.89. The van der Waals surface area contributed by atoms with Crippen LogP contribution in [0.2, 0.25) is 0 Å². The Balaban J connectivity index is 2.02. The summed E-state index contributed by atoms with van der Waals surface area (Å²) in [6, 6.07) is 9.88. The van der Waals surface area contributed by atoms with Gasteiger partial charge in [-0.3, -0.25) is 0 Å². The zero-order valence-electron chi connectivity index (χ0n) is 16.5. The molecule has 154 valence electrons. The van der Waals surface area contributed by atoms with Gasteiger partial charge >= 0.3 is 0 Å². The number of benzene rings is 2. The van der Waals surface area contributed by atoms with E-state index in [1.54, 1.807) is 18.2 Å². The first kappa shape index (κ1) is 21.3. The maximum atomic E-state index is 14.4. The van der Waals surface area contributed by atoms with Crippen molar-refractivity contribution in [3.05, 3.63) is 70.1 Å². The Morgan fingerprint density at radius 1 is 1.00 bits per heavy atom. The van der Waals surface area contributed by atoms with Crippen LogP contribution in [-0.4, -0.2) is 29.1 Å². The van der Waals surface area contributed by atoms with Crippen molar-refractivity contribution in [2.45, 2.75) is 26.8 Å². The summed E-state index contributed by atoms with van der Waals surface area (Å²) in [5, 5.41) is 1.83. The van der Waals surface area contributed by atoms with E-state index >= 15 is 0 Å². The largest absolute Gasteiger partial charge is 0.316 e. The molecule has 3 nitrogen and oxygen atoms in total. The summed E-state index contributed by atoms with van der Waals surface area (Å²) in [7, 11) is 0. The lowest BCUT2D eigenvalue weighted by molar-refractivity contribution is 0.293. The van der Waals surface area contributed by atoms with Crippen molar-refractivity contribution in [1.29, 1.82) is 0 Å². The third-order valence-electron chi connectivity index (χ3n) is 4.82. The summed E-state index contributed by atoms with van der Waals surface area (Å²) >= 11 is 1.31. The molecule has 7 heteroatoms. The van der Waals surface area contributed by atoms with Gasteiger partial charge < -0.3 is 9.47 Å². The van der Waals surface area contributed by atoms with Crippen molar-refractivity contribution < 1.29 is 13.2 Å². The highest BCUT2D eigenvalue weighted by Gasteiger charge is 2.13. The maximum absolute atomic E-state index is 14.4. The van der Waals surface area contributed by atoms with Gasteiger partial charge in [0.2, 0.25) is 0 Å². The Labute approximate surface area is 172 Å². The number of nitrogens with zero attached hydrogens (tertiary/aromatic N) is 3. The molecule has 0 saturated carbocycles. The number of hydrogen-bond acceptors (Lipinski definition) is 3. The molecule has 0 atom stereocenters. The normalized spacial score (nSPS) is 12.1. The van der Waals surface area contributed by atoms with E-state index in [0.29, 0.717) is 22.6 Å². The van der Waals surface area contributed by atoms with Crippen molar-refractivity contribution in [1.82, 2.24) is 9.47 Å². The molecule has 0 amide bonds. The summed E-state index contributed by atoms with van der Waals surface area (Å²) < 4.78 is 43.6. The molecule has 3 aromatic rings.